The summed E-state index contributed by atoms with van der Waals surface area (Å²) < 4.78 is 15.7. The fraction of sp³-hybridized carbons (Fsp3) is 0.818. The minimum absolute atomic E-state index is 0.600. The molecule has 6 nitrogen and oxygen atoms in total. The van der Waals surface area contributed by atoms with E-state index >= 15 is 0 Å². The Kier molecular flexibility index (Phi) is 8.66. The van der Waals surface area contributed by atoms with E-state index < -0.39 is 0 Å². The second-order valence-electron chi connectivity index (χ2n) is 3.55. The summed E-state index contributed by atoms with van der Waals surface area (Å²) in [5.74, 6) is 0. The molecule has 0 bridgehead atoms. The van der Waals surface area contributed by atoms with Gasteiger partial charge in [0.15, 0.2) is 0 Å². The number of hydrogen-bond donors (Lipinski definition) is 1. The third-order valence-electron chi connectivity index (χ3n) is 2.06. The number of methoxy groups -OCH3 is 1. The van der Waals surface area contributed by atoms with E-state index in [0.717, 1.165) is 24.5 Å². The predicted molar refractivity (Wildman–Crippen MR) is 70.1 cm³/mol. The molecule has 1 N–H and O–H groups in total. The summed E-state index contributed by atoms with van der Waals surface area (Å²) in [7, 11) is 1.66. The molecule has 0 atom stereocenters. The van der Waals surface area contributed by atoms with Crippen molar-refractivity contribution in [2.45, 2.75) is 19.9 Å². The van der Waals surface area contributed by atoms with Crippen LogP contribution >= 0.6 is 11.3 Å². The van der Waals surface area contributed by atoms with E-state index in [1.807, 2.05) is 0 Å². The molecule has 0 amide bonds. The summed E-state index contributed by atoms with van der Waals surface area (Å²) in [6.07, 6.45) is 0.839. The van der Waals surface area contributed by atoms with E-state index in [1.165, 1.54) is 11.3 Å². The molecule has 0 fully saturated rings. The fourth-order valence-corrected chi connectivity index (χ4v) is 1.85. The maximum Gasteiger partial charge on any atom is 0.294 e. The molecule has 0 aliphatic carbocycles. The molecule has 1 heterocycles. The van der Waals surface area contributed by atoms with Crippen molar-refractivity contribution >= 4 is 11.3 Å². The summed E-state index contributed by atoms with van der Waals surface area (Å²) >= 11 is 1.48. The Balaban J connectivity index is 2.03. The van der Waals surface area contributed by atoms with Crippen LogP contribution in [0.2, 0.25) is 0 Å². The third kappa shape index (κ3) is 6.85. The van der Waals surface area contributed by atoms with Crippen LogP contribution in [0, 0.1) is 0 Å². The third-order valence-corrected chi connectivity index (χ3v) is 2.90. The fourth-order valence-electron chi connectivity index (χ4n) is 1.16. The van der Waals surface area contributed by atoms with Gasteiger partial charge in [0.2, 0.25) is 0 Å². The zero-order valence-corrected chi connectivity index (χ0v) is 11.8. The van der Waals surface area contributed by atoms with Gasteiger partial charge in [-0.05, 0) is 6.54 Å². The Bertz CT molecular complexity index is 309. The van der Waals surface area contributed by atoms with Gasteiger partial charge in [-0.2, -0.15) is 0 Å². The summed E-state index contributed by atoms with van der Waals surface area (Å²) in [4.78, 5) is 0. The lowest BCUT2D eigenvalue weighted by molar-refractivity contribution is 0.0644. The van der Waals surface area contributed by atoms with Gasteiger partial charge in [-0.15, -0.1) is 10.2 Å². The van der Waals surface area contributed by atoms with Gasteiger partial charge in [-0.3, -0.25) is 0 Å². The molecule has 0 spiro atoms. The van der Waals surface area contributed by atoms with E-state index in [0.29, 0.717) is 31.6 Å². The zero-order valence-electron chi connectivity index (χ0n) is 11.0. The van der Waals surface area contributed by atoms with E-state index in [1.54, 1.807) is 7.11 Å². The maximum atomic E-state index is 5.48. The molecule has 1 aromatic rings. The van der Waals surface area contributed by atoms with Gasteiger partial charge < -0.3 is 19.5 Å². The summed E-state index contributed by atoms with van der Waals surface area (Å²) in [6, 6.07) is 0. The topological polar surface area (TPSA) is 65.5 Å². The van der Waals surface area contributed by atoms with Crippen LogP contribution in [0.25, 0.3) is 0 Å². The van der Waals surface area contributed by atoms with Crippen molar-refractivity contribution in [1.82, 2.24) is 15.5 Å². The molecule has 0 aliphatic heterocycles. The lowest BCUT2D eigenvalue weighted by Crippen LogP contribution is -2.11. The van der Waals surface area contributed by atoms with Gasteiger partial charge in [-0.1, -0.05) is 18.3 Å². The highest BCUT2D eigenvalue weighted by Crippen LogP contribution is 2.17. The second-order valence-corrected chi connectivity index (χ2v) is 4.57. The van der Waals surface area contributed by atoms with E-state index in [2.05, 4.69) is 22.4 Å². The molecule has 0 saturated carbocycles. The van der Waals surface area contributed by atoms with Crippen molar-refractivity contribution in [3.8, 4) is 5.19 Å². The van der Waals surface area contributed by atoms with E-state index in [9.17, 15) is 0 Å². The van der Waals surface area contributed by atoms with Crippen molar-refractivity contribution in [2.24, 2.45) is 0 Å². The SMILES string of the molecule is CCNCc1nnc(OCCCOCCOC)s1. The second kappa shape index (κ2) is 10.2. The minimum Gasteiger partial charge on any atom is -0.469 e. The number of nitrogens with one attached hydrogen (secondary N) is 1. The number of nitrogens with zero attached hydrogens (tertiary/aromatic N) is 2. The van der Waals surface area contributed by atoms with Crippen LogP contribution in [0.15, 0.2) is 0 Å². The van der Waals surface area contributed by atoms with Gasteiger partial charge in [0.25, 0.3) is 5.19 Å². The van der Waals surface area contributed by atoms with Crippen LogP contribution in [0.5, 0.6) is 5.19 Å². The van der Waals surface area contributed by atoms with Crippen molar-refractivity contribution in [1.29, 1.82) is 0 Å². The van der Waals surface area contributed by atoms with Crippen LogP contribution in [0.1, 0.15) is 18.4 Å². The standard InChI is InChI=1S/C11H21N3O3S/c1-3-12-9-10-13-14-11(18-10)17-6-4-5-16-8-7-15-2/h12H,3-9H2,1-2H3. The largest absolute Gasteiger partial charge is 0.469 e. The quantitative estimate of drug-likeness (QED) is 0.610. The molecular formula is C11H21N3O3S. The minimum atomic E-state index is 0.600. The van der Waals surface area contributed by atoms with Crippen LogP contribution < -0.4 is 10.1 Å². The van der Waals surface area contributed by atoms with Gasteiger partial charge in [0.1, 0.15) is 5.01 Å². The van der Waals surface area contributed by atoms with Gasteiger partial charge in [0.05, 0.1) is 19.8 Å². The molecule has 0 radical (unpaired) electrons. The molecule has 0 aromatic carbocycles. The molecule has 1 rings (SSSR count). The highest BCUT2D eigenvalue weighted by molar-refractivity contribution is 7.13. The number of hydrogen-bond acceptors (Lipinski definition) is 7. The van der Waals surface area contributed by atoms with Crippen molar-refractivity contribution in [3.63, 3.8) is 0 Å². The maximum absolute atomic E-state index is 5.48. The number of ether oxygens (including phenoxy) is 3. The Hall–Kier alpha value is -0.760. The lowest BCUT2D eigenvalue weighted by Gasteiger charge is -2.03. The van der Waals surface area contributed by atoms with Crippen molar-refractivity contribution in [2.75, 3.05) is 40.1 Å². The molecule has 0 saturated heterocycles. The molecule has 0 aliphatic rings. The number of aromatic nitrogens is 2. The van der Waals surface area contributed by atoms with Crippen LogP contribution in [-0.2, 0) is 16.0 Å². The molecule has 18 heavy (non-hydrogen) atoms. The van der Waals surface area contributed by atoms with Crippen molar-refractivity contribution in [3.05, 3.63) is 5.01 Å². The van der Waals surface area contributed by atoms with Crippen molar-refractivity contribution < 1.29 is 14.2 Å². The van der Waals surface area contributed by atoms with Gasteiger partial charge in [0, 0.05) is 26.7 Å². The summed E-state index contributed by atoms with van der Waals surface area (Å²) in [6.45, 7) is 6.26. The first-order valence-corrected chi connectivity index (χ1v) is 6.91. The molecular weight excluding hydrogens is 254 g/mol. The van der Waals surface area contributed by atoms with Crippen LogP contribution in [-0.4, -0.2) is 50.3 Å². The lowest BCUT2D eigenvalue weighted by atomic mass is 10.5. The Labute approximate surface area is 112 Å². The molecule has 1 aromatic heterocycles. The molecule has 7 heteroatoms. The Morgan fingerprint density at radius 3 is 2.83 bits per heavy atom. The monoisotopic (exact) mass is 275 g/mol. The first kappa shape index (κ1) is 15.3. The smallest absolute Gasteiger partial charge is 0.294 e. The van der Waals surface area contributed by atoms with Crippen LogP contribution in [0.3, 0.4) is 0 Å². The first-order chi connectivity index (χ1) is 8.86. The summed E-state index contributed by atoms with van der Waals surface area (Å²) in [5, 5.41) is 12.8. The number of rotatable bonds is 11. The van der Waals surface area contributed by atoms with Crippen LogP contribution in [0.4, 0.5) is 0 Å². The Morgan fingerprint density at radius 1 is 1.17 bits per heavy atom. The van der Waals surface area contributed by atoms with Gasteiger partial charge >= 0.3 is 0 Å². The average Bonchev–Trinajstić information content (AvgIpc) is 2.83. The highest BCUT2D eigenvalue weighted by Gasteiger charge is 2.03. The summed E-state index contributed by atoms with van der Waals surface area (Å²) in [5.41, 5.74) is 0. The average molecular weight is 275 g/mol. The Morgan fingerprint density at radius 2 is 2.06 bits per heavy atom. The zero-order chi connectivity index (χ0) is 13.1. The normalized spacial score (nSPS) is 10.8. The van der Waals surface area contributed by atoms with Gasteiger partial charge in [-0.25, -0.2) is 0 Å². The van der Waals surface area contributed by atoms with E-state index in [-0.39, 0.29) is 0 Å². The molecule has 0 unspecified atom stereocenters. The van der Waals surface area contributed by atoms with E-state index in [4.69, 9.17) is 14.2 Å². The predicted octanol–water partition coefficient (Wildman–Crippen LogP) is 1.08. The molecule has 104 valence electrons. The highest BCUT2D eigenvalue weighted by atomic mass is 32.1. The first-order valence-electron chi connectivity index (χ1n) is 6.09.